The van der Waals surface area contributed by atoms with Crippen LogP contribution in [-0.2, 0) is 14.8 Å². The molecule has 30 heavy (non-hydrogen) atoms. The van der Waals surface area contributed by atoms with E-state index in [-0.39, 0.29) is 43.6 Å². The lowest BCUT2D eigenvalue weighted by Gasteiger charge is -2.34. The maximum absolute atomic E-state index is 13.1. The minimum atomic E-state index is -3.70. The number of halogens is 1. The number of hydrogen-bond acceptors (Lipinski definition) is 4. The Morgan fingerprint density at radius 2 is 1.70 bits per heavy atom. The third-order valence-electron chi connectivity index (χ3n) is 5.46. The molecule has 1 fully saturated rings. The molecule has 1 saturated heterocycles. The Morgan fingerprint density at radius 1 is 1.07 bits per heavy atom. The number of para-hydroxylation sites is 1. The number of carbonyl (C=O) groups excluding carboxylic acids is 1. The van der Waals surface area contributed by atoms with E-state index in [4.69, 9.17) is 4.74 Å². The molecule has 162 valence electrons. The number of carbonyl (C=O) groups is 1. The molecule has 1 unspecified atom stereocenters. The maximum Gasteiger partial charge on any atom is 0.260 e. The van der Waals surface area contributed by atoms with Crippen molar-refractivity contribution in [3.63, 3.8) is 0 Å². The van der Waals surface area contributed by atoms with Crippen molar-refractivity contribution in [2.24, 2.45) is 0 Å². The molecule has 2 aromatic rings. The Labute approximate surface area is 177 Å². The molecule has 1 heterocycles. The number of ether oxygens (including phenoxy) is 1. The summed E-state index contributed by atoms with van der Waals surface area (Å²) in [6, 6.07) is 12.5. The summed E-state index contributed by atoms with van der Waals surface area (Å²) in [7, 11) is -3.70. The first-order valence-electron chi connectivity index (χ1n) is 10.1. The summed E-state index contributed by atoms with van der Waals surface area (Å²) >= 11 is 0. The zero-order valence-electron chi connectivity index (χ0n) is 17.3. The fourth-order valence-electron chi connectivity index (χ4n) is 3.40. The van der Waals surface area contributed by atoms with Crippen LogP contribution in [0.15, 0.2) is 53.4 Å². The van der Waals surface area contributed by atoms with E-state index in [1.165, 1.54) is 16.4 Å². The predicted molar refractivity (Wildman–Crippen MR) is 112 cm³/mol. The molecular weight excluding hydrogens is 407 g/mol. The maximum atomic E-state index is 13.1. The molecule has 8 heteroatoms. The molecule has 0 N–H and O–H groups in total. The minimum Gasteiger partial charge on any atom is -0.483 e. The van der Waals surface area contributed by atoms with E-state index in [1.54, 1.807) is 4.90 Å². The monoisotopic (exact) mass is 434 g/mol. The molecule has 1 aliphatic rings. The van der Waals surface area contributed by atoms with E-state index >= 15 is 0 Å². The van der Waals surface area contributed by atoms with Gasteiger partial charge >= 0.3 is 0 Å². The molecule has 0 radical (unpaired) electrons. The van der Waals surface area contributed by atoms with Crippen molar-refractivity contribution in [1.29, 1.82) is 0 Å². The number of rotatable bonds is 7. The first-order chi connectivity index (χ1) is 14.3. The topological polar surface area (TPSA) is 66.9 Å². The Balaban J connectivity index is 1.57. The lowest BCUT2D eigenvalue weighted by molar-refractivity contribution is -0.134. The van der Waals surface area contributed by atoms with Crippen LogP contribution in [0.2, 0.25) is 0 Å². The highest BCUT2D eigenvalue weighted by atomic mass is 32.2. The summed E-state index contributed by atoms with van der Waals surface area (Å²) in [5.41, 5.74) is 1.07. The molecule has 1 atom stereocenters. The van der Waals surface area contributed by atoms with Gasteiger partial charge in [0.25, 0.3) is 5.91 Å². The highest BCUT2D eigenvalue weighted by molar-refractivity contribution is 7.89. The number of piperazine rings is 1. The van der Waals surface area contributed by atoms with Crippen LogP contribution in [0.5, 0.6) is 5.75 Å². The second-order valence-electron chi connectivity index (χ2n) is 7.37. The van der Waals surface area contributed by atoms with Crippen LogP contribution in [0.3, 0.4) is 0 Å². The van der Waals surface area contributed by atoms with Gasteiger partial charge in [0.1, 0.15) is 11.6 Å². The van der Waals surface area contributed by atoms with Crippen molar-refractivity contribution in [1.82, 2.24) is 9.21 Å². The number of sulfonamides is 1. The standard InChI is InChI=1S/C22H27FN2O4S/c1-3-17(2)20-6-4-5-7-21(20)29-16-22(26)24-12-14-25(15-13-24)30(27,28)19-10-8-18(23)9-11-19/h4-11,17H,3,12-16H2,1-2H3. The fraction of sp³-hybridized carbons (Fsp3) is 0.409. The zero-order chi connectivity index (χ0) is 21.7. The van der Waals surface area contributed by atoms with Crippen LogP contribution in [0.1, 0.15) is 31.7 Å². The first-order valence-corrected chi connectivity index (χ1v) is 11.5. The smallest absolute Gasteiger partial charge is 0.260 e. The van der Waals surface area contributed by atoms with Gasteiger partial charge in [0.15, 0.2) is 6.61 Å². The SMILES string of the molecule is CCC(C)c1ccccc1OCC(=O)N1CCN(S(=O)(=O)c2ccc(F)cc2)CC1. The van der Waals surface area contributed by atoms with Gasteiger partial charge in [0.2, 0.25) is 10.0 Å². The van der Waals surface area contributed by atoms with Crippen molar-refractivity contribution >= 4 is 15.9 Å². The van der Waals surface area contributed by atoms with Crippen molar-refractivity contribution in [2.45, 2.75) is 31.1 Å². The van der Waals surface area contributed by atoms with Crippen LogP contribution < -0.4 is 4.74 Å². The lowest BCUT2D eigenvalue weighted by atomic mass is 9.98. The first kappa shape index (κ1) is 22.2. The molecule has 0 aromatic heterocycles. The fourth-order valence-corrected chi connectivity index (χ4v) is 4.83. The quantitative estimate of drug-likeness (QED) is 0.671. The minimum absolute atomic E-state index is 0.0497. The van der Waals surface area contributed by atoms with Crippen molar-refractivity contribution in [2.75, 3.05) is 32.8 Å². The molecule has 2 aromatic carbocycles. The van der Waals surface area contributed by atoms with E-state index in [0.29, 0.717) is 11.7 Å². The molecule has 0 saturated carbocycles. The van der Waals surface area contributed by atoms with Gasteiger partial charge in [-0.1, -0.05) is 32.0 Å². The van der Waals surface area contributed by atoms with E-state index in [0.717, 1.165) is 24.1 Å². The Morgan fingerprint density at radius 3 is 2.33 bits per heavy atom. The van der Waals surface area contributed by atoms with Gasteiger partial charge in [0.05, 0.1) is 4.90 Å². The number of benzene rings is 2. The second-order valence-corrected chi connectivity index (χ2v) is 9.31. The zero-order valence-corrected chi connectivity index (χ0v) is 18.1. The Bertz CT molecular complexity index is 971. The van der Waals surface area contributed by atoms with Gasteiger partial charge in [-0.25, -0.2) is 12.8 Å². The lowest BCUT2D eigenvalue weighted by Crippen LogP contribution is -2.51. The number of hydrogen-bond donors (Lipinski definition) is 0. The summed E-state index contributed by atoms with van der Waals surface area (Å²) < 4.78 is 45.6. The van der Waals surface area contributed by atoms with E-state index in [2.05, 4.69) is 13.8 Å². The van der Waals surface area contributed by atoms with Gasteiger partial charge in [-0.05, 0) is 48.2 Å². The van der Waals surface area contributed by atoms with Gasteiger partial charge < -0.3 is 9.64 Å². The highest BCUT2D eigenvalue weighted by Crippen LogP contribution is 2.28. The number of amides is 1. The highest BCUT2D eigenvalue weighted by Gasteiger charge is 2.30. The summed E-state index contributed by atoms with van der Waals surface area (Å²) in [6.45, 7) is 5.09. The van der Waals surface area contributed by atoms with Crippen molar-refractivity contribution in [3.05, 3.63) is 59.9 Å². The average Bonchev–Trinajstić information content (AvgIpc) is 2.77. The second kappa shape index (κ2) is 9.57. The van der Waals surface area contributed by atoms with Crippen molar-refractivity contribution in [3.8, 4) is 5.75 Å². The summed E-state index contributed by atoms with van der Waals surface area (Å²) in [4.78, 5) is 14.2. The van der Waals surface area contributed by atoms with Crippen molar-refractivity contribution < 1.29 is 22.3 Å². The molecule has 0 bridgehead atoms. The molecular formula is C22H27FN2O4S. The molecule has 1 aliphatic heterocycles. The normalized spacial score (nSPS) is 16.3. The van der Waals surface area contributed by atoms with Gasteiger partial charge in [-0.15, -0.1) is 0 Å². The summed E-state index contributed by atoms with van der Waals surface area (Å²) in [6.07, 6.45) is 0.971. The molecule has 3 rings (SSSR count). The van der Waals surface area contributed by atoms with Gasteiger partial charge in [-0.2, -0.15) is 4.31 Å². The largest absolute Gasteiger partial charge is 0.483 e. The third kappa shape index (κ3) is 4.99. The van der Waals surface area contributed by atoms with Crippen LogP contribution in [0, 0.1) is 5.82 Å². The van der Waals surface area contributed by atoms with Gasteiger partial charge in [-0.3, -0.25) is 4.79 Å². The van der Waals surface area contributed by atoms with E-state index in [9.17, 15) is 17.6 Å². The van der Waals surface area contributed by atoms with Crippen LogP contribution in [0.25, 0.3) is 0 Å². The number of nitrogens with zero attached hydrogens (tertiary/aromatic N) is 2. The predicted octanol–water partition coefficient (Wildman–Crippen LogP) is 3.25. The Kier molecular flexibility index (Phi) is 7.10. The average molecular weight is 435 g/mol. The summed E-state index contributed by atoms with van der Waals surface area (Å²) in [5, 5.41) is 0. The molecule has 1 amide bonds. The molecule has 0 spiro atoms. The molecule has 0 aliphatic carbocycles. The summed E-state index contributed by atoms with van der Waals surface area (Å²) in [5.74, 6) is 0.376. The Hall–Kier alpha value is -2.45. The van der Waals surface area contributed by atoms with E-state index in [1.807, 2.05) is 24.3 Å². The van der Waals surface area contributed by atoms with Crippen LogP contribution >= 0.6 is 0 Å². The molecule has 6 nitrogen and oxygen atoms in total. The van der Waals surface area contributed by atoms with Crippen LogP contribution in [0.4, 0.5) is 4.39 Å². The van der Waals surface area contributed by atoms with E-state index < -0.39 is 15.8 Å². The third-order valence-corrected chi connectivity index (χ3v) is 7.37. The van der Waals surface area contributed by atoms with Gasteiger partial charge in [0, 0.05) is 26.2 Å². The van der Waals surface area contributed by atoms with Crippen LogP contribution in [-0.4, -0.2) is 56.3 Å².